The zero-order chi connectivity index (χ0) is 13.3. The highest BCUT2D eigenvalue weighted by atomic mass is 35.5. The second-order valence-electron chi connectivity index (χ2n) is 4.70. The van der Waals surface area contributed by atoms with Crippen molar-refractivity contribution in [2.45, 2.75) is 18.4 Å². The number of ether oxygens (including phenoxy) is 1. The molecule has 20 heavy (non-hydrogen) atoms. The largest absolute Gasteiger partial charge is 0.381 e. The quantitative estimate of drug-likeness (QED) is 0.920. The third-order valence-corrected chi connectivity index (χ3v) is 3.32. The molecule has 0 spiro atoms. The molecular formula is C13H15ClFN3O2. The van der Waals surface area contributed by atoms with Crippen molar-refractivity contribution >= 4 is 12.4 Å². The van der Waals surface area contributed by atoms with Gasteiger partial charge in [-0.1, -0.05) is 17.3 Å². The summed E-state index contributed by atoms with van der Waals surface area (Å²) in [7, 11) is 0. The lowest BCUT2D eigenvalue weighted by molar-refractivity contribution is 0.0400. The van der Waals surface area contributed by atoms with Crippen LogP contribution in [0.5, 0.6) is 0 Å². The first-order valence-corrected chi connectivity index (χ1v) is 6.14. The zero-order valence-electron chi connectivity index (χ0n) is 10.7. The molecule has 1 aliphatic rings. The van der Waals surface area contributed by atoms with Gasteiger partial charge in [0.1, 0.15) is 11.4 Å². The van der Waals surface area contributed by atoms with Crippen LogP contribution in [-0.2, 0) is 10.3 Å². The van der Waals surface area contributed by atoms with Crippen molar-refractivity contribution in [1.82, 2.24) is 10.1 Å². The van der Waals surface area contributed by atoms with Crippen molar-refractivity contribution in [3.8, 4) is 11.4 Å². The summed E-state index contributed by atoms with van der Waals surface area (Å²) in [5.74, 6) is 0.401. The van der Waals surface area contributed by atoms with Gasteiger partial charge in [0.15, 0.2) is 0 Å². The average molecular weight is 300 g/mol. The second kappa shape index (κ2) is 5.87. The third kappa shape index (κ3) is 2.82. The molecule has 1 saturated heterocycles. The molecule has 0 amide bonds. The van der Waals surface area contributed by atoms with Crippen LogP contribution < -0.4 is 5.73 Å². The third-order valence-electron chi connectivity index (χ3n) is 3.32. The van der Waals surface area contributed by atoms with Crippen molar-refractivity contribution < 1.29 is 13.7 Å². The summed E-state index contributed by atoms with van der Waals surface area (Å²) in [6.45, 7) is 1.16. The van der Waals surface area contributed by atoms with Gasteiger partial charge in [0.05, 0.1) is 0 Å². The van der Waals surface area contributed by atoms with Gasteiger partial charge in [0, 0.05) is 18.8 Å². The van der Waals surface area contributed by atoms with Crippen LogP contribution in [0.3, 0.4) is 0 Å². The molecule has 1 fully saturated rings. The molecule has 2 heterocycles. The van der Waals surface area contributed by atoms with Crippen molar-refractivity contribution in [2.24, 2.45) is 5.73 Å². The van der Waals surface area contributed by atoms with E-state index in [4.69, 9.17) is 15.0 Å². The molecular weight excluding hydrogens is 285 g/mol. The summed E-state index contributed by atoms with van der Waals surface area (Å²) in [5, 5.41) is 3.87. The number of rotatable bonds is 2. The highest BCUT2D eigenvalue weighted by molar-refractivity contribution is 5.85. The maximum atomic E-state index is 13.2. The minimum absolute atomic E-state index is 0. The monoisotopic (exact) mass is 299 g/mol. The number of benzene rings is 1. The van der Waals surface area contributed by atoms with E-state index >= 15 is 0 Å². The Hall–Kier alpha value is -1.50. The van der Waals surface area contributed by atoms with Crippen LogP contribution >= 0.6 is 12.4 Å². The number of halogens is 2. The zero-order valence-corrected chi connectivity index (χ0v) is 11.5. The average Bonchev–Trinajstić information content (AvgIpc) is 2.90. The van der Waals surface area contributed by atoms with E-state index in [0.29, 0.717) is 43.3 Å². The van der Waals surface area contributed by atoms with Crippen LogP contribution in [0, 0.1) is 5.82 Å². The van der Waals surface area contributed by atoms with Crippen LogP contribution in [0.4, 0.5) is 4.39 Å². The van der Waals surface area contributed by atoms with Gasteiger partial charge >= 0.3 is 0 Å². The molecule has 5 nitrogen and oxygen atoms in total. The number of aromatic nitrogens is 2. The van der Waals surface area contributed by atoms with Gasteiger partial charge in [-0.25, -0.2) is 4.39 Å². The van der Waals surface area contributed by atoms with Crippen molar-refractivity contribution in [3.63, 3.8) is 0 Å². The molecule has 0 bridgehead atoms. The van der Waals surface area contributed by atoms with Crippen molar-refractivity contribution in [2.75, 3.05) is 13.2 Å². The maximum absolute atomic E-state index is 13.2. The minimum atomic E-state index is -0.642. The lowest BCUT2D eigenvalue weighted by Crippen LogP contribution is -2.42. The normalized spacial score (nSPS) is 17.5. The Morgan fingerprint density at radius 3 is 2.70 bits per heavy atom. The Kier molecular flexibility index (Phi) is 4.37. The summed E-state index contributed by atoms with van der Waals surface area (Å²) in [6, 6.07) is 6.06. The molecule has 3 rings (SSSR count). The molecule has 0 aliphatic carbocycles. The summed E-state index contributed by atoms with van der Waals surface area (Å²) in [5.41, 5.74) is 6.18. The number of nitrogens with zero attached hydrogens (tertiary/aromatic N) is 2. The topological polar surface area (TPSA) is 74.2 Å². The van der Waals surface area contributed by atoms with E-state index in [1.165, 1.54) is 12.1 Å². The molecule has 0 saturated carbocycles. The summed E-state index contributed by atoms with van der Waals surface area (Å²) >= 11 is 0. The van der Waals surface area contributed by atoms with Gasteiger partial charge < -0.3 is 15.0 Å². The summed E-state index contributed by atoms with van der Waals surface area (Å²) < 4.78 is 23.7. The first-order chi connectivity index (χ1) is 9.17. The predicted octanol–water partition coefficient (Wildman–Crippen LogP) is 2.26. The number of nitrogens with two attached hydrogens (primary N) is 1. The molecule has 0 unspecified atom stereocenters. The van der Waals surface area contributed by atoms with E-state index in [-0.39, 0.29) is 18.2 Å². The highest BCUT2D eigenvalue weighted by Crippen LogP contribution is 2.29. The smallest absolute Gasteiger partial charge is 0.247 e. The van der Waals surface area contributed by atoms with E-state index in [1.54, 1.807) is 12.1 Å². The molecule has 1 aromatic carbocycles. The molecule has 1 aromatic heterocycles. The molecule has 108 valence electrons. The fraction of sp³-hybridized carbons (Fsp3) is 0.385. The Balaban J connectivity index is 0.00000147. The fourth-order valence-corrected chi connectivity index (χ4v) is 2.12. The van der Waals surface area contributed by atoms with Crippen LogP contribution in [0.15, 0.2) is 28.8 Å². The molecule has 0 atom stereocenters. The maximum Gasteiger partial charge on any atom is 0.247 e. The standard InChI is InChI=1S/C13H14FN3O2.ClH/c14-10-3-1-2-9(8-10)11-16-12(19-17-11)13(15)4-6-18-7-5-13;/h1-3,8H,4-7,15H2;1H. The number of hydrogen-bond donors (Lipinski definition) is 1. The lowest BCUT2D eigenvalue weighted by atomic mass is 9.91. The summed E-state index contributed by atoms with van der Waals surface area (Å²) in [4.78, 5) is 4.29. The van der Waals surface area contributed by atoms with Gasteiger partial charge in [-0.15, -0.1) is 12.4 Å². The SMILES string of the molecule is Cl.NC1(c2nc(-c3cccc(F)c3)no2)CCOCC1. The molecule has 1 aliphatic heterocycles. The van der Waals surface area contributed by atoms with E-state index in [2.05, 4.69) is 10.1 Å². The van der Waals surface area contributed by atoms with Crippen molar-refractivity contribution in [1.29, 1.82) is 0 Å². The fourth-order valence-electron chi connectivity index (χ4n) is 2.12. The van der Waals surface area contributed by atoms with E-state index in [1.807, 2.05) is 0 Å². The first-order valence-electron chi connectivity index (χ1n) is 6.14. The molecule has 2 N–H and O–H groups in total. The minimum Gasteiger partial charge on any atom is -0.381 e. The van der Waals surface area contributed by atoms with Crippen molar-refractivity contribution in [3.05, 3.63) is 36.0 Å². The van der Waals surface area contributed by atoms with E-state index < -0.39 is 5.54 Å². The van der Waals surface area contributed by atoms with Gasteiger partial charge in [-0.3, -0.25) is 0 Å². The van der Waals surface area contributed by atoms with Gasteiger partial charge in [-0.05, 0) is 25.0 Å². The second-order valence-corrected chi connectivity index (χ2v) is 4.70. The van der Waals surface area contributed by atoms with Crippen LogP contribution in [0.1, 0.15) is 18.7 Å². The highest BCUT2D eigenvalue weighted by Gasteiger charge is 2.35. The van der Waals surface area contributed by atoms with Crippen LogP contribution in [-0.4, -0.2) is 23.4 Å². The Bertz CT molecular complexity index is 585. The number of hydrogen-bond acceptors (Lipinski definition) is 5. The first kappa shape index (κ1) is 14.9. The predicted molar refractivity (Wildman–Crippen MR) is 72.9 cm³/mol. The van der Waals surface area contributed by atoms with Gasteiger partial charge in [0.2, 0.25) is 11.7 Å². The van der Waals surface area contributed by atoms with Crippen LogP contribution in [0.2, 0.25) is 0 Å². The Morgan fingerprint density at radius 1 is 1.25 bits per heavy atom. The lowest BCUT2D eigenvalue weighted by Gasteiger charge is -2.29. The summed E-state index contributed by atoms with van der Waals surface area (Å²) in [6.07, 6.45) is 1.27. The Labute approximate surface area is 121 Å². The Morgan fingerprint density at radius 2 is 2.00 bits per heavy atom. The van der Waals surface area contributed by atoms with Crippen LogP contribution in [0.25, 0.3) is 11.4 Å². The van der Waals surface area contributed by atoms with E-state index in [9.17, 15) is 4.39 Å². The van der Waals surface area contributed by atoms with E-state index in [0.717, 1.165) is 0 Å². The van der Waals surface area contributed by atoms with Gasteiger partial charge in [-0.2, -0.15) is 4.98 Å². The molecule has 0 radical (unpaired) electrons. The van der Waals surface area contributed by atoms with Gasteiger partial charge in [0.25, 0.3) is 0 Å². The molecule has 2 aromatic rings. The molecule has 7 heteroatoms.